The van der Waals surface area contributed by atoms with E-state index >= 15 is 0 Å². The van der Waals surface area contributed by atoms with E-state index in [2.05, 4.69) is 20.6 Å². The molecule has 0 bridgehead atoms. The summed E-state index contributed by atoms with van der Waals surface area (Å²) in [5.41, 5.74) is 1.48. The third-order valence-electron chi connectivity index (χ3n) is 4.10. The number of rotatable bonds is 4. The molecule has 1 aliphatic heterocycles. The number of benzene rings is 2. The van der Waals surface area contributed by atoms with Crippen molar-refractivity contribution < 1.29 is 14.3 Å². The Labute approximate surface area is 150 Å². The van der Waals surface area contributed by atoms with Crippen LogP contribution >= 0.6 is 0 Å². The first kappa shape index (κ1) is 16.1. The first-order valence-electron chi connectivity index (χ1n) is 8.37. The predicted molar refractivity (Wildman–Crippen MR) is 98.7 cm³/mol. The molecule has 2 N–H and O–H groups in total. The van der Waals surface area contributed by atoms with Gasteiger partial charge in [-0.05, 0) is 31.2 Å². The van der Waals surface area contributed by atoms with Crippen molar-refractivity contribution in [3.8, 4) is 11.5 Å². The molecule has 0 spiro atoms. The number of anilines is 2. The van der Waals surface area contributed by atoms with E-state index in [0.29, 0.717) is 36.2 Å². The van der Waals surface area contributed by atoms with E-state index < -0.39 is 6.04 Å². The topological polar surface area (TPSA) is 85.4 Å². The summed E-state index contributed by atoms with van der Waals surface area (Å²) in [5, 5.41) is 6.90. The summed E-state index contributed by atoms with van der Waals surface area (Å²) >= 11 is 0. The zero-order chi connectivity index (χ0) is 17.9. The van der Waals surface area contributed by atoms with Crippen molar-refractivity contribution in [1.82, 2.24) is 9.97 Å². The molecule has 1 atom stereocenters. The van der Waals surface area contributed by atoms with Crippen LogP contribution in [-0.2, 0) is 4.79 Å². The van der Waals surface area contributed by atoms with Crippen molar-refractivity contribution in [3.63, 3.8) is 0 Å². The Morgan fingerprint density at radius 1 is 1.08 bits per heavy atom. The summed E-state index contributed by atoms with van der Waals surface area (Å²) in [5.74, 6) is 1.77. The van der Waals surface area contributed by atoms with Crippen LogP contribution in [0.15, 0.2) is 48.8 Å². The highest BCUT2D eigenvalue weighted by atomic mass is 16.6. The molecule has 0 saturated heterocycles. The molecular formula is C19H18N4O3. The molecule has 1 aromatic heterocycles. The Bertz CT molecular complexity index is 955. The van der Waals surface area contributed by atoms with Crippen LogP contribution in [0.1, 0.15) is 6.92 Å². The fourth-order valence-electron chi connectivity index (χ4n) is 2.76. The number of carbonyl (C=O) groups excluding carboxylic acids is 1. The average molecular weight is 350 g/mol. The molecule has 0 aliphatic carbocycles. The normalized spacial score (nSPS) is 13.9. The van der Waals surface area contributed by atoms with Gasteiger partial charge in [-0.15, -0.1) is 0 Å². The molecule has 0 fully saturated rings. The predicted octanol–water partition coefficient (Wildman–Crippen LogP) is 2.84. The van der Waals surface area contributed by atoms with Crippen molar-refractivity contribution in [2.45, 2.75) is 13.0 Å². The van der Waals surface area contributed by atoms with Crippen LogP contribution in [0.2, 0.25) is 0 Å². The van der Waals surface area contributed by atoms with Crippen LogP contribution in [0.4, 0.5) is 11.5 Å². The van der Waals surface area contributed by atoms with E-state index in [-0.39, 0.29) is 5.91 Å². The second-order valence-electron chi connectivity index (χ2n) is 5.95. The third kappa shape index (κ3) is 3.23. The van der Waals surface area contributed by atoms with Crippen LogP contribution in [0, 0.1) is 0 Å². The summed E-state index contributed by atoms with van der Waals surface area (Å²) in [6.07, 6.45) is 1.48. The second kappa shape index (κ2) is 6.87. The van der Waals surface area contributed by atoms with Crippen molar-refractivity contribution in [2.24, 2.45) is 0 Å². The molecule has 1 amide bonds. The van der Waals surface area contributed by atoms with Gasteiger partial charge < -0.3 is 20.1 Å². The van der Waals surface area contributed by atoms with Crippen LogP contribution in [0.5, 0.6) is 11.5 Å². The molecule has 0 saturated carbocycles. The van der Waals surface area contributed by atoms with Crippen molar-refractivity contribution >= 4 is 28.3 Å². The smallest absolute Gasteiger partial charge is 0.246 e. The quantitative estimate of drug-likeness (QED) is 0.753. The molecule has 7 heteroatoms. The van der Waals surface area contributed by atoms with E-state index in [0.717, 1.165) is 10.9 Å². The second-order valence-corrected chi connectivity index (χ2v) is 5.95. The number of fused-ring (bicyclic) bond motifs is 2. The van der Waals surface area contributed by atoms with Crippen LogP contribution in [0.3, 0.4) is 0 Å². The Morgan fingerprint density at radius 2 is 1.88 bits per heavy atom. The van der Waals surface area contributed by atoms with Gasteiger partial charge >= 0.3 is 0 Å². The van der Waals surface area contributed by atoms with Crippen molar-refractivity contribution in [1.29, 1.82) is 0 Å². The van der Waals surface area contributed by atoms with E-state index in [9.17, 15) is 4.79 Å². The Hall–Kier alpha value is -3.35. The van der Waals surface area contributed by atoms with Gasteiger partial charge in [0.25, 0.3) is 0 Å². The Balaban J connectivity index is 1.48. The number of nitrogens with one attached hydrogen (secondary N) is 2. The highest BCUT2D eigenvalue weighted by Gasteiger charge is 2.17. The van der Waals surface area contributed by atoms with Gasteiger partial charge in [0.15, 0.2) is 11.5 Å². The summed E-state index contributed by atoms with van der Waals surface area (Å²) in [6, 6.07) is 12.5. The lowest BCUT2D eigenvalue weighted by molar-refractivity contribution is -0.116. The third-order valence-corrected chi connectivity index (χ3v) is 4.10. The summed E-state index contributed by atoms with van der Waals surface area (Å²) < 4.78 is 11.0. The molecule has 1 aliphatic rings. The summed E-state index contributed by atoms with van der Waals surface area (Å²) in [4.78, 5) is 21.0. The number of para-hydroxylation sites is 1. The average Bonchev–Trinajstić information content (AvgIpc) is 2.68. The lowest BCUT2D eigenvalue weighted by Crippen LogP contribution is -2.32. The van der Waals surface area contributed by atoms with E-state index in [1.807, 2.05) is 24.3 Å². The molecule has 2 aromatic carbocycles. The molecule has 26 heavy (non-hydrogen) atoms. The number of ether oxygens (including phenoxy) is 2. The minimum atomic E-state index is -0.485. The maximum absolute atomic E-state index is 12.5. The van der Waals surface area contributed by atoms with Crippen molar-refractivity contribution in [2.75, 3.05) is 23.8 Å². The maximum atomic E-state index is 12.5. The standard InChI is InChI=1S/C19H18N4O3/c1-12(22-18-14-4-2-3-5-15(14)20-11-21-18)19(24)23-13-6-7-16-17(10-13)26-9-8-25-16/h2-7,10-12H,8-9H2,1H3,(H,23,24)(H,20,21,22). The van der Waals surface area contributed by atoms with Gasteiger partial charge in [0, 0.05) is 17.1 Å². The van der Waals surface area contributed by atoms with Gasteiger partial charge in [-0.1, -0.05) is 12.1 Å². The Kier molecular flexibility index (Phi) is 4.27. The highest BCUT2D eigenvalue weighted by molar-refractivity contribution is 5.98. The number of carbonyl (C=O) groups is 1. The molecule has 3 aromatic rings. The zero-order valence-corrected chi connectivity index (χ0v) is 14.2. The lowest BCUT2D eigenvalue weighted by Gasteiger charge is -2.20. The minimum absolute atomic E-state index is 0.177. The fraction of sp³-hybridized carbons (Fsp3) is 0.211. The molecule has 1 unspecified atom stereocenters. The molecule has 7 nitrogen and oxygen atoms in total. The molecule has 132 valence electrons. The lowest BCUT2D eigenvalue weighted by atomic mass is 10.2. The molecule has 0 radical (unpaired) electrons. The van der Waals surface area contributed by atoms with Gasteiger partial charge in [0.2, 0.25) is 5.91 Å². The van der Waals surface area contributed by atoms with Crippen molar-refractivity contribution in [3.05, 3.63) is 48.8 Å². The SMILES string of the molecule is CC(Nc1ncnc2ccccc12)C(=O)Nc1ccc2c(c1)OCCO2. The van der Waals surface area contributed by atoms with E-state index in [1.54, 1.807) is 25.1 Å². The van der Waals surface area contributed by atoms with Crippen LogP contribution in [0.25, 0.3) is 10.9 Å². The number of amides is 1. The first-order chi connectivity index (χ1) is 12.7. The zero-order valence-electron chi connectivity index (χ0n) is 14.2. The number of hydrogen-bond acceptors (Lipinski definition) is 6. The van der Waals surface area contributed by atoms with Gasteiger partial charge in [0.1, 0.15) is 31.4 Å². The summed E-state index contributed by atoms with van der Waals surface area (Å²) in [6.45, 7) is 2.82. The fourth-order valence-corrected chi connectivity index (χ4v) is 2.76. The van der Waals surface area contributed by atoms with Gasteiger partial charge in [-0.2, -0.15) is 0 Å². The minimum Gasteiger partial charge on any atom is -0.486 e. The summed E-state index contributed by atoms with van der Waals surface area (Å²) in [7, 11) is 0. The van der Waals surface area contributed by atoms with Gasteiger partial charge in [0.05, 0.1) is 5.52 Å². The van der Waals surface area contributed by atoms with Crippen LogP contribution in [-0.4, -0.2) is 35.1 Å². The van der Waals surface area contributed by atoms with Crippen LogP contribution < -0.4 is 20.1 Å². The largest absolute Gasteiger partial charge is 0.486 e. The first-order valence-corrected chi connectivity index (χ1v) is 8.37. The number of hydrogen-bond donors (Lipinski definition) is 2. The monoisotopic (exact) mass is 350 g/mol. The number of nitrogens with zero attached hydrogens (tertiary/aromatic N) is 2. The Morgan fingerprint density at radius 3 is 2.77 bits per heavy atom. The number of aromatic nitrogens is 2. The van der Waals surface area contributed by atoms with Gasteiger partial charge in [-0.25, -0.2) is 9.97 Å². The molecular weight excluding hydrogens is 332 g/mol. The maximum Gasteiger partial charge on any atom is 0.246 e. The molecule has 2 heterocycles. The van der Waals surface area contributed by atoms with Gasteiger partial charge in [-0.3, -0.25) is 4.79 Å². The molecule has 4 rings (SSSR count). The van der Waals surface area contributed by atoms with E-state index in [4.69, 9.17) is 9.47 Å². The highest BCUT2D eigenvalue weighted by Crippen LogP contribution is 2.32. The van der Waals surface area contributed by atoms with E-state index in [1.165, 1.54) is 6.33 Å².